The lowest BCUT2D eigenvalue weighted by Gasteiger charge is -2.31. The normalized spacial score (nSPS) is 12.9. The molecular weight excluding hydrogens is 539 g/mol. The molecule has 2 rings (SSSR count). The van der Waals surface area contributed by atoms with Gasteiger partial charge in [0.1, 0.15) is 11.8 Å². The molecule has 1 N–H and O–H groups in total. The van der Waals surface area contributed by atoms with E-state index in [2.05, 4.69) is 35.1 Å². The Bertz CT molecular complexity index is 1000. The Morgan fingerprint density at radius 3 is 2.29 bits per heavy atom. The summed E-state index contributed by atoms with van der Waals surface area (Å²) < 4.78 is 6.64. The van der Waals surface area contributed by atoms with Crippen molar-refractivity contribution in [3.05, 3.63) is 62.0 Å². The molecular formula is C26H33BrCl2N2O3. The third-order valence-corrected chi connectivity index (χ3v) is 7.06. The average molecular weight is 572 g/mol. The molecule has 2 aromatic carbocycles. The Labute approximate surface area is 221 Å². The van der Waals surface area contributed by atoms with Crippen LogP contribution >= 0.6 is 39.1 Å². The lowest BCUT2D eigenvalue weighted by atomic mass is 10.0. The fraction of sp³-hybridized carbons (Fsp3) is 0.462. The summed E-state index contributed by atoms with van der Waals surface area (Å²) in [5, 5.41) is 3.82. The molecule has 0 aliphatic rings. The summed E-state index contributed by atoms with van der Waals surface area (Å²) in [4.78, 5) is 27.9. The number of carbonyl (C=O) groups is 2. The average Bonchev–Trinajstić information content (AvgIpc) is 2.79. The molecule has 2 aromatic rings. The first kappa shape index (κ1) is 28.5. The van der Waals surface area contributed by atoms with Gasteiger partial charge in [0.25, 0.3) is 5.91 Å². The quantitative estimate of drug-likeness (QED) is 0.316. The van der Waals surface area contributed by atoms with Crippen LogP contribution in [0.4, 0.5) is 0 Å². The van der Waals surface area contributed by atoms with Crippen LogP contribution in [-0.4, -0.2) is 35.4 Å². The van der Waals surface area contributed by atoms with Crippen molar-refractivity contribution in [1.29, 1.82) is 0 Å². The van der Waals surface area contributed by atoms with Gasteiger partial charge in [-0.1, -0.05) is 63.0 Å². The van der Waals surface area contributed by atoms with Gasteiger partial charge in [0.2, 0.25) is 5.91 Å². The Hall–Kier alpha value is -1.76. The molecule has 0 spiro atoms. The van der Waals surface area contributed by atoms with E-state index in [0.29, 0.717) is 28.1 Å². The molecule has 0 heterocycles. The van der Waals surface area contributed by atoms with E-state index >= 15 is 0 Å². The number of nitrogens with one attached hydrogen (secondary N) is 1. The molecule has 0 aliphatic heterocycles. The number of nitrogens with zero attached hydrogens (tertiary/aromatic N) is 1. The zero-order valence-electron chi connectivity index (χ0n) is 20.3. The molecule has 0 unspecified atom stereocenters. The SMILES string of the molecule is CC[C@@H](C)NC(=O)[C@@H](CC)N(Cc1ccc(Cl)c(Cl)c1)C(=O)COc1ccc(C(C)C)cc1Br. The molecule has 0 aliphatic carbocycles. The lowest BCUT2D eigenvalue weighted by molar-refractivity contribution is -0.143. The van der Waals surface area contributed by atoms with E-state index in [1.807, 2.05) is 39.0 Å². The first-order valence-electron chi connectivity index (χ1n) is 11.5. The van der Waals surface area contributed by atoms with Crippen molar-refractivity contribution < 1.29 is 14.3 Å². The molecule has 8 heteroatoms. The second-order valence-corrected chi connectivity index (χ2v) is 10.3. The third-order valence-electron chi connectivity index (χ3n) is 5.70. The van der Waals surface area contributed by atoms with Gasteiger partial charge < -0.3 is 15.0 Å². The number of carbonyl (C=O) groups excluding carboxylic acids is 2. The molecule has 34 heavy (non-hydrogen) atoms. The zero-order valence-corrected chi connectivity index (χ0v) is 23.4. The maximum atomic E-state index is 13.4. The van der Waals surface area contributed by atoms with E-state index in [1.165, 1.54) is 5.56 Å². The van der Waals surface area contributed by atoms with Gasteiger partial charge in [0, 0.05) is 12.6 Å². The van der Waals surface area contributed by atoms with Gasteiger partial charge in [0.05, 0.1) is 14.5 Å². The standard InChI is InChI=1S/C26H33BrCl2N2O3/c1-6-17(5)30-26(33)23(7-2)31(14-18-8-10-21(28)22(29)12-18)25(32)15-34-24-11-9-19(16(3)4)13-20(24)27/h8-13,16-17,23H,6-7,14-15H2,1-5H3,(H,30,33)/t17-,23-/m1/s1. The van der Waals surface area contributed by atoms with E-state index in [1.54, 1.807) is 23.1 Å². The number of hydrogen-bond acceptors (Lipinski definition) is 3. The Morgan fingerprint density at radius 2 is 1.74 bits per heavy atom. The van der Waals surface area contributed by atoms with Crippen LogP contribution in [0.2, 0.25) is 10.0 Å². The predicted octanol–water partition coefficient (Wildman–Crippen LogP) is 6.98. The maximum Gasteiger partial charge on any atom is 0.261 e. The summed E-state index contributed by atoms with van der Waals surface area (Å²) >= 11 is 15.8. The van der Waals surface area contributed by atoms with Crippen LogP contribution in [-0.2, 0) is 16.1 Å². The second kappa shape index (κ2) is 13.4. The molecule has 186 valence electrons. The highest BCUT2D eigenvalue weighted by Gasteiger charge is 2.29. The zero-order chi connectivity index (χ0) is 25.4. The highest BCUT2D eigenvalue weighted by molar-refractivity contribution is 9.10. The van der Waals surface area contributed by atoms with Crippen molar-refractivity contribution in [2.45, 2.75) is 72.0 Å². The second-order valence-electron chi connectivity index (χ2n) is 8.65. The molecule has 2 atom stereocenters. The summed E-state index contributed by atoms with van der Waals surface area (Å²) in [5.74, 6) is 0.470. The summed E-state index contributed by atoms with van der Waals surface area (Å²) in [6.07, 6.45) is 1.26. The number of ether oxygens (including phenoxy) is 1. The van der Waals surface area contributed by atoms with Gasteiger partial charge in [-0.25, -0.2) is 0 Å². The van der Waals surface area contributed by atoms with Crippen molar-refractivity contribution in [2.75, 3.05) is 6.61 Å². The van der Waals surface area contributed by atoms with E-state index in [-0.39, 0.29) is 31.0 Å². The summed E-state index contributed by atoms with van der Waals surface area (Å²) in [5.41, 5.74) is 1.94. The highest BCUT2D eigenvalue weighted by atomic mass is 79.9. The van der Waals surface area contributed by atoms with Crippen LogP contribution in [0.15, 0.2) is 40.9 Å². The number of halogens is 3. The topological polar surface area (TPSA) is 58.6 Å². The van der Waals surface area contributed by atoms with Gasteiger partial charge in [-0.3, -0.25) is 9.59 Å². The minimum atomic E-state index is -0.647. The van der Waals surface area contributed by atoms with Gasteiger partial charge in [-0.2, -0.15) is 0 Å². The molecule has 0 aromatic heterocycles. The molecule has 0 bridgehead atoms. The highest BCUT2D eigenvalue weighted by Crippen LogP contribution is 2.29. The Balaban J connectivity index is 2.26. The van der Waals surface area contributed by atoms with Gasteiger partial charge in [0.15, 0.2) is 6.61 Å². The van der Waals surface area contributed by atoms with Crippen LogP contribution < -0.4 is 10.1 Å². The molecule has 5 nitrogen and oxygen atoms in total. The van der Waals surface area contributed by atoms with E-state index in [9.17, 15) is 9.59 Å². The first-order chi connectivity index (χ1) is 16.1. The van der Waals surface area contributed by atoms with Crippen molar-refractivity contribution in [3.8, 4) is 5.75 Å². The largest absolute Gasteiger partial charge is 0.483 e. The number of benzene rings is 2. The van der Waals surface area contributed by atoms with Gasteiger partial charge in [-0.15, -0.1) is 0 Å². The number of hydrogen-bond donors (Lipinski definition) is 1. The fourth-order valence-electron chi connectivity index (χ4n) is 3.41. The van der Waals surface area contributed by atoms with Crippen LogP contribution in [0.5, 0.6) is 5.75 Å². The maximum absolute atomic E-state index is 13.4. The van der Waals surface area contributed by atoms with Gasteiger partial charge in [-0.05, 0) is 77.0 Å². The van der Waals surface area contributed by atoms with E-state index in [0.717, 1.165) is 16.5 Å². The van der Waals surface area contributed by atoms with Crippen molar-refractivity contribution >= 4 is 50.9 Å². The fourth-order valence-corrected chi connectivity index (χ4v) is 4.24. The number of rotatable bonds is 11. The number of amides is 2. The van der Waals surface area contributed by atoms with Crippen LogP contribution in [0.1, 0.15) is 64.5 Å². The first-order valence-corrected chi connectivity index (χ1v) is 13.1. The third kappa shape index (κ3) is 7.89. The molecule has 0 saturated heterocycles. The summed E-state index contributed by atoms with van der Waals surface area (Å²) in [6.45, 7) is 10.1. The van der Waals surface area contributed by atoms with E-state index < -0.39 is 6.04 Å². The molecule has 2 amide bonds. The summed E-state index contributed by atoms with van der Waals surface area (Å²) in [6, 6.07) is 10.4. The molecule has 0 fully saturated rings. The van der Waals surface area contributed by atoms with Crippen molar-refractivity contribution in [1.82, 2.24) is 10.2 Å². The van der Waals surface area contributed by atoms with E-state index in [4.69, 9.17) is 27.9 Å². The lowest BCUT2D eigenvalue weighted by Crippen LogP contribution is -2.51. The minimum absolute atomic E-state index is 0.00940. The monoisotopic (exact) mass is 570 g/mol. The van der Waals surface area contributed by atoms with Crippen LogP contribution in [0.3, 0.4) is 0 Å². The minimum Gasteiger partial charge on any atom is -0.483 e. The molecule has 0 saturated carbocycles. The smallest absolute Gasteiger partial charge is 0.261 e. The molecule has 0 radical (unpaired) electrons. The van der Waals surface area contributed by atoms with Crippen molar-refractivity contribution in [2.24, 2.45) is 0 Å². The Morgan fingerprint density at radius 1 is 1.03 bits per heavy atom. The van der Waals surface area contributed by atoms with Crippen LogP contribution in [0, 0.1) is 0 Å². The van der Waals surface area contributed by atoms with Gasteiger partial charge >= 0.3 is 0 Å². The summed E-state index contributed by atoms with van der Waals surface area (Å²) in [7, 11) is 0. The van der Waals surface area contributed by atoms with Crippen LogP contribution in [0.25, 0.3) is 0 Å². The Kier molecular flexibility index (Phi) is 11.2. The predicted molar refractivity (Wildman–Crippen MR) is 143 cm³/mol. The van der Waals surface area contributed by atoms with Crippen molar-refractivity contribution in [3.63, 3.8) is 0 Å².